The molecule has 0 aliphatic carbocycles. The molecule has 0 saturated carbocycles. The molecule has 0 spiro atoms. The summed E-state index contributed by atoms with van der Waals surface area (Å²) in [5.74, 6) is -0.430. The summed E-state index contributed by atoms with van der Waals surface area (Å²) in [6.45, 7) is 3.16. The molecule has 172 valence electrons. The Labute approximate surface area is 201 Å². The summed E-state index contributed by atoms with van der Waals surface area (Å²) in [6, 6.07) is 9.77. The Morgan fingerprint density at radius 3 is 2.41 bits per heavy atom. The predicted molar refractivity (Wildman–Crippen MR) is 125 cm³/mol. The highest BCUT2D eigenvalue weighted by atomic mass is 35.5. The molecule has 2 aromatic carbocycles. The second-order valence-electron chi connectivity index (χ2n) is 8.24. The van der Waals surface area contributed by atoms with Gasteiger partial charge in [0.05, 0.1) is 26.2 Å². The number of carbonyl (C=O) groups excluding carboxylic acids is 1. The summed E-state index contributed by atoms with van der Waals surface area (Å²) in [4.78, 5) is 12.9. The molecule has 0 radical (unpaired) electrons. The lowest BCUT2D eigenvalue weighted by molar-refractivity contribution is -0.245. The van der Waals surface area contributed by atoms with Crippen LogP contribution in [-0.2, 0) is 10.4 Å². The Morgan fingerprint density at radius 2 is 1.88 bits per heavy atom. The minimum Gasteiger partial charge on any atom is -0.488 e. The summed E-state index contributed by atoms with van der Waals surface area (Å²) < 4.78 is 20.4. The van der Waals surface area contributed by atoms with Gasteiger partial charge in [0.15, 0.2) is 5.67 Å². The monoisotopic (exact) mass is 501 g/mol. The van der Waals surface area contributed by atoms with Gasteiger partial charge in [-0.25, -0.2) is 4.39 Å². The Morgan fingerprint density at radius 1 is 1.22 bits per heavy atom. The topological polar surface area (TPSA) is 86.2 Å². The van der Waals surface area contributed by atoms with E-state index in [1.807, 2.05) is 0 Å². The Balaban J connectivity index is 1.93. The van der Waals surface area contributed by atoms with Gasteiger partial charge in [-0.05, 0) is 51.1 Å². The number of hydrogen-bond donors (Lipinski definition) is 3. The van der Waals surface area contributed by atoms with E-state index in [4.69, 9.17) is 39.5 Å². The van der Waals surface area contributed by atoms with Crippen LogP contribution in [-0.4, -0.2) is 36.3 Å². The van der Waals surface area contributed by atoms with Crippen LogP contribution in [0.15, 0.2) is 42.0 Å². The Hall–Kier alpha value is -1.67. The highest BCUT2D eigenvalue weighted by Gasteiger charge is 2.36. The number of Topliss-reactive ketones (excluding diaryl/α,β-unsaturated/α-hetero) is 1. The molecule has 9 heteroatoms. The number of hydrogen-bond acceptors (Lipinski definition) is 4. The molecule has 1 aliphatic rings. The zero-order valence-electron chi connectivity index (χ0n) is 17.8. The van der Waals surface area contributed by atoms with Gasteiger partial charge in [0.1, 0.15) is 23.7 Å². The van der Waals surface area contributed by atoms with Gasteiger partial charge in [0, 0.05) is 12.1 Å². The first-order valence-corrected chi connectivity index (χ1v) is 11.2. The average molecular weight is 503 g/mol. The SMILES string of the molecule is CC(C)(F)C(=O)C(COc1ccc(C2(O)CCNC2)c(Cl)c1)=C([NH3+])c1c(Cl)cccc1Cl. The number of ketones is 1. The molecule has 2 aromatic rings. The van der Waals surface area contributed by atoms with Crippen molar-refractivity contribution in [1.82, 2.24) is 5.32 Å². The van der Waals surface area contributed by atoms with Crippen LogP contribution in [0.1, 0.15) is 31.4 Å². The van der Waals surface area contributed by atoms with Crippen LogP contribution >= 0.6 is 34.8 Å². The fraction of sp³-hybridized carbons (Fsp3) is 0.348. The van der Waals surface area contributed by atoms with Crippen LogP contribution in [0, 0.1) is 0 Å². The number of benzene rings is 2. The van der Waals surface area contributed by atoms with Crippen molar-refractivity contribution in [2.45, 2.75) is 31.5 Å². The van der Waals surface area contributed by atoms with Gasteiger partial charge in [-0.2, -0.15) is 0 Å². The fourth-order valence-electron chi connectivity index (χ4n) is 3.61. The minimum atomic E-state index is -2.16. The van der Waals surface area contributed by atoms with Gasteiger partial charge in [-0.15, -0.1) is 0 Å². The van der Waals surface area contributed by atoms with Gasteiger partial charge < -0.3 is 20.9 Å². The van der Waals surface area contributed by atoms with Crippen LogP contribution in [0.4, 0.5) is 4.39 Å². The molecule has 0 aromatic heterocycles. The van der Waals surface area contributed by atoms with Crippen molar-refractivity contribution < 1.29 is 24.8 Å². The molecule has 1 aliphatic heterocycles. The maximum atomic E-state index is 14.6. The number of ether oxygens (including phenoxy) is 1. The lowest BCUT2D eigenvalue weighted by atomic mass is 9.93. The molecule has 1 fully saturated rings. The largest absolute Gasteiger partial charge is 0.488 e. The average Bonchev–Trinajstić information content (AvgIpc) is 3.14. The maximum Gasteiger partial charge on any atom is 0.204 e. The van der Waals surface area contributed by atoms with E-state index < -0.39 is 17.1 Å². The van der Waals surface area contributed by atoms with Crippen molar-refractivity contribution >= 4 is 46.3 Å². The molecule has 0 bridgehead atoms. The standard InChI is InChI=1S/C23H24Cl3FN2O3/c1-22(2,27)21(30)14(20(28)19-16(24)4-3-5-17(19)25)11-32-13-6-7-15(18(26)10-13)23(31)8-9-29-12-23/h3-7,10,29,31H,8-9,11-12,28H2,1-2H3/p+1. The van der Waals surface area contributed by atoms with E-state index in [1.54, 1.807) is 36.4 Å². The molecule has 3 rings (SSSR count). The van der Waals surface area contributed by atoms with E-state index in [2.05, 4.69) is 11.1 Å². The molecule has 5 nitrogen and oxygen atoms in total. The van der Waals surface area contributed by atoms with E-state index in [1.165, 1.54) is 13.8 Å². The normalized spacial score (nSPS) is 19.6. The molecule has 0 amide bonds. The summed E-state index contributed by atoms with van der Waals surface area (Å²) in [5, 5.41) is 14.8. The molecule has 5 N–H and O–H groups in total. The first-order valence-electron chi connectivity index (χ1n) is 10.0. The smallest absolute Gasteiger partial charge is 0.204 e. The van der Waals surface area contributed by atoms with E-state index >= 15 is 0 Å². The van der Waals surface area contributed by atoms with Crippen LogP contribution in [0.25, 0.3) is 5.70 Å². The second-order valence-corrected chi connectivity index (χ2v) is 9.47. The van der Waals surface area contributed by atoms with Crippen molar-refractivity contribution in [3.05, 3.63) is 68.2 Å². The third-order valence-corrected chi connectivity index (χ3v) is 6.34. The number of halogens is 4. The second kappa shape index (κ2) is 9.67. The van der Waals surface area contributed by atoms with Gasteiger partial charge in [0.25, 0.3) is 0 Å². The van der Waals surface area contributed by atoms with Crippen molar-refractivity contribution in [3.63, 3.8) is 0 Å². The highest BCUT2D eigenvalue weighted by molar-refractivity contribution is 6.37. The number of rotatable bonds is 7. The zero-order chi connectivity index (χ0) is 23.7. The van der Waals surface area contributed by atoms with E-state index in [0.717, 1.165) is 0 Å². The van der Waals surface area contributed by atoms with Crippen LogP contribution in [0.3, 0.4) is 0 Å². The molecule has 1 atom stereocenters. The number of nitrogens with one attached hydrogen (secondary N) is 1. The number of β-amino-alcohol motifs (C(OH)–C–C–N with tert-alkyl or cyclic N) is 1. The summed E-state index contributed by atoms with van der Waals surface area (Å²) >= 11 is 18.9. The van der Waals surface area contributed by atoms with Crippen LogP contribution in [0.5, 0.6) is 5.75 Å². The van der Waals surface area contributed by atoms with Gasteiger partial charge >= 0.3 is 0 Å². The predicted octanol–water partition coefficient (Wildman–Crippen LogP) is 4.18. The summed E-state index contributed by atoms with van der Waals surface area (Å²) in [5.41, 5.74) is 1.87. The van der Waals surface area contributed by atoms with E-state index in [-0.39, 0.29) is 27.9 Å². The third kappa shape index (κ3) is 5.28. The van der Waals surface area contributed by atoms with Crippen LogP contribution in [0.2, 0.25) is 15.1 Å². The molecule has 1 heterocycles. The Kier molecular flexibility index (Phi) is 7.55. The summed E-state index contributed by atoms with van der Waals surface area (Å²) in [6.07, 6.45) is 0.545. The molecule has 1 saturated heterocycles. The lowest BCUT2D eigenvalue weighted by Crippen LogP contribution is -2.49. The fourth-order valence-corrected chi connectivity index (χ4v) is 4.58. The number of aliphatic hydroxyl groups is 1. The number of carbonyl (C=O) groups is 1. The minimum absolute atomic E-state index is 0.00585. The third-order valence-electron chi connectivity index (χ3n) is 5.40. The van der Waals surface area contributed by atoms with E-state index in [0.29, 0.717) is 41.4 Å². The quantitative estimate of drug-likeness (QED) is 0.496. The van der Waals surface area contributed by atoms with Crippen molar-refractivity contribution in [2.24, 2.45) is 0 Å². The van der Waals surface area contributed by atoms with Gasteiger partial charge in [-0.1, -0.05) is 46.9 Å². The highest BCUT2D eigenvalue weighted by Crippen LogP contribution is 2.36. The van der Waals surface area contributed by atoms with Gasteiger partial charge in [0.2, 0.25) is 5.78 Å². The van der Waals surface area contributed by atoms with Crippen molar-refractivity contribution in [2.75, 3.05) is 19.7 Å². The first-order chi connectivity index (χ1) is 14.9. The van der Waals surface area contributed by atoms with Crippen molar-refractivity contribution in [1.29, 1.82) is 0 Å². The van der Waals surface area contributed by atoms with Gasteiger partial charge in [-0.3, -0.25) is 4.79 Å². The molecule has 1 unspecified atom stereocenters. The Bertz CT molecular complexity index is 1040. The van der Waals surface area contributed by atoms with Crippen molar-refractivity contribution in [3.8, 4) is 5.75 Å². The number of alkyl halides is 1. The first kappa shape index (κ1) is 25.0. The zero-order valence-corrected chi connectivity index (χ0v) is 20.0. The molecule has 32 heavy (non-hydrogen) atoms. The molecular weight excluding hydrogens is 478 g/mol. The lowest BCUT2D eigenvalue weighted by Gasteiger charge is -2.23. The van der Waals surface area contributed by atoms with Crippen LogP contribution < -0.4 is 15.8 Å². The summed E-state index contributed by atoms with van der Waals surface area (Å²) in [7, 11) is 0. The molecular formula is C23H25Cl3FN2O3+. The van der Waals surface area contributed by atoms with E-state index in [9.17, 15) is 14.3 Å². The number of quaternary nitrogens is 1. The maximum absolute atomic E-state index is 14.6.